The fourth-order valence-corrected chi connectivity index (χ4v) is 14.4. The highest BCUT2D eigenvalue weighted by Crippen LogP contribution is 2.37. The van der Waals surface area contributed by atoms with Crippen LogP contribution in [0, 0.1) is 54.8 Å². The molecule has 5 aliphatic heterocycles. The summed E-state index contributed by atoms with van der Waals surface area (Å²) in [6.07, 6.45) is 39.9. The predicted molar refractivity (Wildman–Crippen MR) is 471 cm³/mol. The number of carbonyl (C=O) groups excluding carboxylic acids is 10. The van der Waals surface area contributed by atoms with E-state index >= 15 is 0 Å². The maximum Gasteiger partial charge on any atom is 0.250 e. The number of carbonyl (C=O) groups is 10. The number of hydrogen-bond donors (Lipinski definition) is 5. The molecule has 0 spiro atoms. The molecule has 5 N–H and O–H groups in total. The summed E-state index contributed by atoms with van der Waals surface area (Å²) in [5.41, 5.74) is 3.07. The van der Waals surface area contributed by atoms with E-state index < -0.39 is 30.2 Å². The highest BCUT2D eigenvalue weighted by molar-refractivity contribution is 5.93. The number of nitrogens with one attached hydrogen (secondary N) is 5. The van der Waals surface area contributed by atoms with Crippen LogP contribution in [-0.2, 0) is 71.6 Å². The fraction of sp³-hybridized carbons (Fsp3) is 0.617. The second kappa shape index (κ2) is 57.0. The van der Waals surface area contributed by atoms with E-state index in [2.05, 4.69) is 133 Å². The standard InChI is InChI=1S/3C20H30N2O3.2C17H28N2O3/c3*1-7-9-11-19(23)21-16(10-8-2)20(24)22-15(5)13-18(25-6)17(22)12-14(3)4;2*1-6-9-13(18-16(20)8-3)17(21)19-12(4)11-15(22-5)14(19)10-7-2/h3*1,13-14,16-17H,5,8-12H2,2-4,6H3,(H,21,23);2*11,13-14H,4,6-10H2,1-3,5H3,(H,18,20)/t2*16-,17+;16-,17-;13-,14-;/m1010./s1. The summed E-state index contributed by atoms with van der Waals surface area (Å²) in [6.45, 7) is 50.2. The molecule has 5 heterocycles. The van der Waals surface area contributed by atoms with E-state index in [0.29, 0.717) is 110 Å². The second-order valence-corrected chi connectivity index (χ2v) is 31.2. The van der Waals surface area contributed by atoms with Crippen molar-refractivity contribution in [3.63, 3.8) is 0 Å². The van der Waals surface area contributed by atoms with Gasteiger partial charge in [-0.25, -0.2) is 0 Å². The number of amides is 10. The van der Waals surface area contributed by atoms with Crippen LogP contribution in [0.1, 0.15) is 264 Å². The normalized spacial score (nSPS) is 18.3. The molecule has 0 aromatic heterocycles. The van der Waals surface area contributed by atoms with Gasteiger partial charge in [-0.1, -0.05) is 182 Å². The zero-order valence-corrected chi connectivity index (χ0v) is 75.7. The lowest BCUT2D eigenvalue weighted by molar-refractivity contribution is -0.136. The summed E-state index contributed by atoms with van der Waals surface area (Å²) in [5, 5.41) is 14.1. The average Bonchev–Trinajstić information content (AvgIpc) is 1.70. The third-order valence-electron chi connectivity index (χ3n) is 20.1. The first-order chi connectivity index (χ1) is 56.5. The third kappa shape index (κ3) is 33.8. The first-order valence-corrected chi connectivity index (χ1v) is 42.7. The average molecular weight is 1660 g/mol. The number of allylic oxidation sites excluding steroid dienone is 5. The third-order valence-corrected chi connectivity index (χ3v) is 20.1. The number of rotatable bonds is 43. The minimum absolute atomic E-state index is 0.101. The van der Waals surface area contributed by atoms with Gasteiger partial charge in [0, 0.05) is 110 Å². The summed E-state index contributed by atoms with van der Waals surface area (Å²) < 4.78 is 27.1. The van der Waals surface area contributed by atoms with Crippen LogP contribution in [0.15, 0.2) is 121 Å². The molecule has 25 nitrogen and oxygen atoms in total. The van der Waals surface area contributed by atoms with Crippen molar-refractivity contribution in [2.75, 3.05) is 35.5 Å². The van der Waals surface area contributed by atoms with Gasteiger partial charge in [0.25, 0.3) is 0 Å². The molecule has 10 amide bonds. The Labute approximate surface area is 714 Å². The van der Waals surface area contributed by atoms with Crippen molar-refractivity contribution in [3.8, 4) is 37.0 Å². The van der Waals surface area contributed by atoms with Gasteiger partial charge in [-0.05, 0) is 82.0 Å². The molecule has 0 saturated heterocycles. The second-order valence-electron chi connectivity index (χ2n) is 31.2. The molecular weight excluding hydrogens is 1510 g/mol. The molecular formula is C94H146N10O15. The van der Waals surface area contributed by atoms with Crippen molar-refractivity contribution in [2.45, 2.75) is 325 Å². The molecule has 0 radical (unpaired) electrons. The van der Waals surface area contributed by atoms with E-state index in [0.717, 1.165) is 106 Å². The quantitative estimate of drug-likeness (QED) is 0.0355. The van der Waals surface area contributed by atoms with Crippen molar-refractivity contribution in [2.24, 2.45) is 17.8 Å². The lowest BCUT2D eigenvalue weighted by Gasteiger charge is -2.31. The molecule has 5 aliphatic rings. The Balaban J connectivity index is 0.000000745. The first-order valence-electron chi connectivity index (χ1n) is 42.7. The van der Waals surface area contributed by atoms with E-state index in [-0.39, 0.29) is 109 Å². The van der Waals surface area contributed by atoms with Gasteiger partial charge in [0.1, 0.15) is 59.0 Å². The van der Waals surface area contributed by atoms with Crippen LogP contribution >= 0.6 is 0 Å². The number of terminal acetylenes is 3. The molecule has 5 rings (SSSR count). The molecule has 0 aromatic rings. The van der Waals surface area contributed by atoms with Crippen LogP contribution in [0.4, 0.5) is 0 Å². The van der Waals surface area contributed by atoms with E-state index in [9.17, 15) is 47.9 Å². The zero-order chi connectivity index (χ0) is 90.3. The lowest BCUT2D eigenvalue weighted by Crippen LogP contribution is -2.50. The molecule has 0 bridgehead atoms. The minimum atomic E-state index is -0.578. The van der Waals surface area contributed by atoms with Crippen LogP contribution in [0.2, 0.25) is 0 Å². The Hall–Kier alpha value is -10.2. The maximum atomic E-state index is 13.1. The monoisotopic (exact) mass is 1660 g/mol. The topological polar surface area (TPSA) is 293 Å². The Morgan fingerprint density at radius 3 is 0.672 bits per heavy atom. The van der Waals surface area contributed by atoms with Gasteiger partial charge in [-0.3, -0.25) is 47.9 Å². The largest absolute Gasteiger partial charge is 0.499 e. The molecule has 0 fully saturated rings. The molecule has 0 aromatic carbocycles. The summed E-state index contributed by atoms with van der Waals surface area (Å²) in [6, 6.07) is -3.49. The van der Waals surface area contributed by atoms with Gasteiger partial charge < -0.3 is 74.8 Å². The van der Waals surface area contributed by atoms with Crippen molar-refractivity contribution in [1.82, 2.24) is 51.1 Å². The number of hydrogen-bond acceptors (Lipinski definition) is 15. The number of ether oxygens (including phenoxy) is 5. The molecule has 119 heavy (non-hydrogen) atoms. The Morgan fingerprint density at radius 1 is 0.328 bits per heavy atom. The molecule has 0 saturated carbocycles. The van der Waals surface area contributed by atoms with Gasteiger partial charge in [-0.2, -0.15) is 0 Å². The summed E-state index contributed by atoms with van der Waals surface area (Å²) in [5.74, 6) is 10.8. The molecule has 10 atom stereocenters. The zero-order valence-electron chi connectivity index (χ0n) is 75.7. The Bertz CT molecular complexity index is 3400. The maximum absolute atomic E-state index is 13.1. The van der Waals surface area contributed by atoms with Crippen LogP contribution < -0.4 is 26.6 Å². The van der Waals surface area contributed by atoms with Gasteiger partial charge in [0.05, 0.1) is 65.8 Å². The lowest BCUT2D eigenvalue weighted by atomic mass is 10.0. The minimum Gasteiger partial charge on any atom is -0.499 e. The highest BCUT2D eigenvalue weighted by Gasteiger charge is 2.44. The van der Waals surface area contributed by atoms with Crippen LogP contribution in [-0.4, -0.2) is 180 Å². The van der Waals surface area contributed by atoms with Gasteiger partial charge in [0.2, 0.25) is 59.1 Å². The molecule has 662 valence electrons. The Kier molecular flexibility index (Phi) is 51.2. The van der Waals surface area contributed by atoms with Crippen LogP contribution in [0.5, 0.6) is 0 Å². The molecule has 25 heteroatoms. The SMILES string of the molecule is C#CCCC(=O)N[C@@H](CCC)C(=O)N1C(=C)C=C(OC)[C@H]1CC(C)C.C#CCCC(=O)N[C@H](CCC)C(=O)N1C(=C)C=C(OC)[C@@H]1CC(C)C.C#CCCC(=O)N[C@H](CCC)C(=O)N1C(=C)C=C(OC)[C@H]1CC(C)C.C=C1C=C(OC)C(CCC)N1C(=O)C(CCC)NC(=O)CC.C=C1C=C(OC)[C@H](CCC)N1C(=O)[C@H](CCC)NC(=O)CC. The molecule has 2 unspecified atom stereocenters. The van der Waals surface area contributed by atoms with E-state index in [4.69, 9.17) is 43.0 Å². The van der Waals surface area contributed by atoms with E-state index in [1.54, 1.807) is 92.1 Å². The van der Waals surface area contributed by atoms with Crippen LogP contribution in [0.25, 0.3) is 0 Å². The summed E-state index contributed by atoms with van der Waals surface area (Å²) in [7, 11) is 8.03. The van der Waals surface area contributed by atoms with Gasteiger partial charge in [0.15, 0.2) is 0 Å². The highest BCUT2D eigenvalue weighted by atomic mass is 16.5. The van der Waals surface area contributed by atoms with Crippen molar-refractivity contribution in [1.29, 1.82) is 0 Å². The van der Waals surface area contributed by atoms with Gasteiger partial charge in [-0.15, -0.1) is 37.0 Å². The van der Waals surface area contributed by atoms with Crippen molar-refractivity contribution < 1.29 is 71.6 Å². The smallest absolute Gasteiger partial charge is 0.250 e. The van der Waals surface area contributed by atoms with Crippen molar-refractivity contribution >= 4 is 59.1 Å². The van der Waals surface area contributed by atoms with E-state index in [1.165, 1.54) is 0 Å². The number of nitrogens with zero attached hydrogens (tertiary/aromatic N) is 5. The predicted octanol–water partition coefficient (Wildman–Crippen LogP) is 14.4. The summed E-state index contributed by atoms with van der Waals surface area (Å²) >= 11 is 0. The fourth-order valence-electron chi connectivity index (χ4n) is 14.4. The van der Waals surface area contributed by atoms with Crippen molar-refractivity contribution in [3.05, 3.63) is 121 Å². The van der Waals surface area contributed by atoms with Crippen LogP contribution in [0.3, 0.4) is 0 Å². The summed E-state index contributed by atoms with van der Waals surface area (Å²) in [4.78, 5) is 133. The van der Waals surface area contributed by atoms with E-state index in [1.807, 2.05) is 46.8 Å². The first kappa shape index (κ1) is 107. The molecule has 0 aliphatic carbocycles. The number of methoxy groups -OCH3 is 5. The Morgan fingerprint density at radius 2 is 0.513 bits per heavy atom. The van der Waals surface area contributed by atoms with Gasteiger partial charge >= 0.3 is 0 Å².